The average Bonchev–Trinajstić information content (AvgIpc) is 3.16. The number of carbonyl (C=O) groups is 4. The zero-order valence-electron chi connectivity index (χ0n) is 15.0. The molecule has 0 saturated heterocycles. The Morgan fingerprint density at radius 2 is 0.759 bits per heavy atom. The fraction of sp³-hybridized carbons (Fsp3) is 0. The average molecular weight is 578 g/mol. The van der Waals surface area contributed by atoms with Crippen LogP contribution in [0.3, 0.4) is 0 Å². The Bertz CT molecular complexity index is 1060. The molecule has 0 bridgehead atoms. The first-order chi connectivity index (χ1) is 14.1. The number of nitrogens with zero attached hydrogens (tertiary/aromatic N) is 2. The third-order valence-corrected chi connectivity index (χ3v) is 13.6. The molecule has 3 aromatic rings. The molecule has 0 atom stereocenters. The van der Waals surface area contributed by atoms with Crippen molar-refractivity contribution in [2.75, 3.05) is 0 Å². The number of amides is 4. The number of imide groups is 2. The SMILES string of the molecule is O=C1c2ccccc2C(=O)[N]1[Bi]([c]1ccccc1)[N]1C(=O)c2ccccc2C1=O. The molecule has 6 nitrogen and oxygen atoms in total. The van der Waals surface area contributed by atoms with Gasteiger partial charge in [0, 0.05) is 0 Å². The van der Waals surface area contributed by atoms with Crippen LogP contribution in [0.15, 0.2) is 78.9 Å². The van der Waals surface area contributed by atoms with Gasteiger partial charge in [-0.05, 0) is 0 Å². The van der Waals surface area contributed by atoms with Crippen LogP contribution in [0.2, 0.25) is 0 Å². The van der Waals surface area contributed by atoms with Crippen molar-refractivity contribution < 1.29 is 19.2 Å². The number of benzene rings is 3. The van der Waals surface area contributed by atoms with Crippen LogP contribution in [-0.2, 0) is 0 Å². The van der Waals surface area contributed by atoms with Gasteiger partial charge in [-0.25, -0.2) is 0 Å². The van der Waals surface area contributed by atoms with E-state index < -0.39 is 46.0 Å². The Hall–Kier alpha value is -3.18. The molecular formula is C22H13BiN2O4. The fourth-order valence-corrected chi connectivity index (χ4v) is 12.1. The normalized spacial score (nSPS) is 15.3. The van der Waals surface area contributed by atoms with E-state index in [1.165, 1.54) is 5.69 Å². The van der Waals surface area contributed by atoms with Gasteiger partial charge in [0.05, 0.1) is 0 Å². The molecule has 0 aromatic heterocycles. The minimum absolute atomic E-state index is 0.310. The summed E-state index contributed by atoms with van der Waals surface area (Å²) >= 11 is -3.90. The Balaban J connectivity index is 1.68. The van der Waals surface area contributed by atoms with Crippen LogP contribution in [0, 0.1) is 0 Å². The molecular weight excluding hydrogens is 565 g/mol. The maximum absolute atomic E-state index is 13.2. The summed E-state index contributed by atoms with van der Waals surface area (Å²) in [5, 5.41) is 0. The molecule has 0 saturated carbocycles. The second-order valence-corrected chi connectivity index (χ2v) is 13.9. The minimum atomic E-state index is -3.90. The van der Waals surface area contributed by atoms with Crippen molar-refractivity contribution in [3.63, 3.8) is 0 Å². The first-order valence-electron chi connectivity index (χ1n) is 8.90. The topological polar surface area (TPSA) is 74.8 Å². The second-order valence-electron chi connectivity index (χ2n) is 6.56. The van der Waals surface area contributed by atoms with E-state index in [0.29, 0.717) is 25.5 Å². The quantitative estimate of drug-likeness (QED) is 0.352. The van der Waals surface area contributed by atoms with E-state index in [-0.39, 0.29) is 0 Å². The summed E-state index contributed by atoms with van der Waals surface area (Å²) in [6.07, 6.45) is 0. The van der Waals surface area contributed by atoms with Crippen LogP contribution >= 0.6 is 0 Å². The molecule has 4 amide bonds. The molecule has 5 rings (SSSR count). The van der Waals surface area contributed by atoms with E-state index in [1.54, 1.807) is 72.8 Å². The molecule has 0 fully saturated rings. The van der Waals surface area contributed by atoms with Gasteiger partial charge in [0.25, 0.3) is 0 Å². The molecule has 0 aliphatic carbocycles. The molecule has 0 N–H and O–H groups in total. The van der Waals surface area contributed by atoms with E-state index in [4.69, 9.17) is 0 Å². The predicted molar refractivity (Wildman–Crippen MR) is 106 cm³/mol. The van der Waals surface area contributed by atoms with Crippen molar-refractivity contribution in [3.8, 4) is 0 Å². The van der Waals surface area contributed by atoms with Crippen molar-refractivity contribution >= 4 is 49.2 Å². The summed E-state index contributed by atoms with van der Waals surface area (Å²) in [4.78, 5) is 52.7. The molecule has 140 valence electrons. The maximum atomic E-state index is 13.2. The summed E-state index contributed by atoms with van der Waals surface area (Å²) in [6.45, 7) is 0. The second kappa shape index (κ2) is 6.71. The van der Waals surface area contributed by atoms with E-state index in [9.17, 15) is 19.2 Å². The molecule has 7 heteroatoms. The van der Waals surface area contributed by atoms with Crippen molar-refractivity contribution in [1.29, 1.82) is 0 Å². The molecule has 3 aromatic carbocycles. The van der Waals surface area contributed by atoms with E-state index >= 15 is 0 Å². The zero-order chi connectivity index (χ0) is 20.1. The molecule has 2 heterocycles. The standard InChI is InChI=1S/2C8H5NO2.C6H5.Bi/c2*10-7-5-3-1-2-4-6(5)8(11)9-7;1-2-4-6-5-3-1;/h2*1-4H,(H,9,10,11);1-5H;/q;;;+2/p-2. The van der Waals surface area contributed by atoms with Crippen molar-refractivity contribution in [2.45, 2.75) is 0 Å². The van der Waals surface area contributed by atoms with Crippen LogP contribution in [0.25, 0.3) is 0 Å². The van der Waals surface area contributed by atoms with Gasteiger partial charge in [-0.2, -0.15) is 0 Å². The van der Waals surface area contributed by atoms with Crippen LogP contribution in [0.5, 0.6) is 0 Å². The first-order valence-corrected chi connectivity index (χ1v) is 13.7. The summed E-state index contributed by atoms with van der Waals surface area (Å²) in [6, 6.07) is 22.1. The number of rotatable bonds is 3. The van der Waals surface area contributed by atoms with Gasteiger partial charge in [-0.15, -0.1) is 0 Å². The van der Waals surface area contributed by atoms with Crippen LogP contribution < -0.4 is 3.27 Å². The number of hydrogen-bond donors (Lipinski definition) is 0. The third-order valence-electron chi connectivity index (χ3n) is 4.91. The predicted octanol–water partition coefficient (Wildman–Crippen LogP) is 1.97. The van der Waals surface area contributed by atoms with Gasteiger partial charge in [0.2, 0.25) is 0 Å². The Kier molecular flexibility index (Phi) is 4.14. The van der Waals surface area contributed by atoms with Gasteiger partial charge >= 0.3 is 175 Å². The fourth-order valence-electron chi connectivity index (χ4n) is 3.58. The summed E-state index contributed by atoms with van der Waals surface area (Å²) in [5.41, 5.74) is 1.24. The summed E-state index contributed by atoms with van der Waals surface area (Å²) < 4.78 is 3.11. The Morgan fingerprint density at radius 1 is 0.448 bits per heavy atom. The van der Waals surface area contributed by atoms with Crippen LogP contribution in [-0.4, -0.2) is 51.6 Å². The number of hydrogen-bond acceptors (Lipinski definition) is 4. The molecule has 0 spiro atoms. The van der Waals surface area contributed by atoms with E-state index in [0.717, 1.165) is 0 Å². The van der Waals surface area contributed by atoms with Crippen LogP contribution in [0.1, 0.15) is 41.4 Å². The Labute approximate surface area is 174 Å². The molecule has 2 aliphatic rings. The molecule has 0 radical (unpaired) electrons. The van der Waals surface area contributed by atoms with Crippen molar-refractivity contribution in [2.24, 2.45) is 0 Å². The van der Waals surface area contributed by atoms with Crippen molar-refractivity contribution in [3.05, 3.63) is 101 Å². The van der Waals surface area contributed by atoms with Gasteiger partial charge in [-0.1, -0.05) is 0 Å². The monoisotopic (exact) mass is 578 g/mol. The van der Waals surface area contributed by atoms with Gasteiger partial charge in [0.15, 0.2) is 0 Å². The summed E-state index contributed by atoms with van der Waals surface area (Å²) in [7, 11) is 0. The van der Waals surface area contributed by atoms with E-state index in [1.807, 2.05) is 6.07 Å². The van der Waals surface area contributed by atoms with Gasteiger partial charge in [-0.3, -0.25) is 0 Å². The summed E-state index contributed by atoms with van der Waals surface area (Å²) in [5.74, 6) is -1.76. The number of carbonyl (C=O) groups excluding carboxylic acids is 4. The zero-order valence-corrected chi connectivity index (χ0v) is 18.5. The Morgan fingerprint density at radius 3 is 1.10 bits per heavy atom. The molecule has 2 aliphatic heterocycles. The molecule has 0 unspecified atom stereocenters. The van der Waals surface area contributed by atoms with Gasteiger partial charge in [0.1, 0.15) is 0 Å². The molecule has 29 heavy (non-hydrogen) atoms. The number of fused-ring (bicyclic) bond motifs is 2. The van der Waals surface area contributed by atoms with Crippen molar-refractivity contribution in [1.82, 2.24) is 5.69 Å². The van der Waals surface area contributed by atoms with Gasteiger partial charge < -0.3 is 0 Å². The first kappa shape index (κ1) is 17.9. The third kappa shape index (κ3) is 2.58. The van der Waals surface area contributed by atoms with Crippen LogP contribution in [0.4, 0.5) is 0 Å². The van der Waals surface area contributed by atoms with E-state index in [2.05, 4.69) is 0 Å².